The maximum atomic E-state index is 11.4. The zero-order chi connectivity index (χ0) is 15.2. The number of piperazine rings is 1. The van der Waals surface area contributed by atoms with Crippen LogP contribution in [0.2, 0.25) is 0 Å². The van der Waals surface area contributed by atoms with Gasteiger partial charge in [0.1, 0.15) is 17.5 Å². The number of rotatable bonds is 5. The number of carbonyl (C=O) groups excluding carboxylic acids is 1. The Morgan fingerprint density at radius 1 is 1.24 bits per heavy atom. The van der Waals surface area contributed by atoms with E-state index in [1.807, 2.05) is 11.0 Å². The van der Waals surface area contributed by atoms with Crippen LogP contribution in [0.4, 0.5) is 11.6 Å². The van der Waals surface area contributed by atoms with E-state index in [9.17, 15) is 4.79 Å². The number of carbonyl (C=O) groups is 1. The molecule has 1 fully saturated rings. The van der Waals surface area contributed by atoms with Gasteiger partial charge in [-0.25, -0.2) is 9.97 Å². The van der Waals surface area contributed by atoms with Crippen molar-refractivity contribution in [3.05, 3.63) is 11.9 Å². The van der Waals surface area contributed by atoms with E-state index in [1.165, 1.54) is 0 Å². The van der Waals surface area contributed by atoms with Gasteiger partial charge in [-0.3, -0.25) is 4.79 Å². The summed E-state index contributed by atoms with van der Waals surface area (Å²) in [6.07, 6.45) is 1.89. The second kappa shape index (κ2) is 7.24. The maximum Gasteiger partial charge on any atom is 0.219 e. The molecule has 2 heterocycles. The number of amides is 1. The van der Waals surface area contributed by atoms with E-state index in [2.05, 4.69) is 34.0 Å². The molecule has 1 N–H and O–H groups in total. The molecule has 21 heavy (non-hydrogen) atoms. The number of nitrogens with zero attached hydrogens (tertiary/aromatic N) is 4. The molecule has 1 aromatic heterocycles. The fourth-order valence-electron chi connectivity index (χ4n) is 2.40. The lowest BCUT2D eigenvalue weighted by molar-refractivity contribution is -0.129. The van der Waals surface area contributed by atoms with E-state index in [0.29, 0.717) is 0 Å². The average Bonchev–Trinajstić information content (AvgIpc) is 2.52. The SMILES string of the molecule is CCCNc1cc(N2CCN(C(C)=O)CC2)nc(CC)n1. The summed E-state index contributed by atoms with van der Waals surface area (Å²) >= 11 is 0. The van der Waals surface area contributed by atoms with Crippen LogP contribution in [0.25, 0.3) is 0 Å². The van der Waals surface area contributed by atoms with Gasteiger partial charge < -0.3 is 15.1 Å². The minimum atomic E-state index is 0.150. The predicted molar refractivity (Wildman–Crippen MR) is 84.7 cm³/mol. The molecule has 6 nitrogen and oxygen atoms in total. The lowest BCUT2D eigenvalue weighted by Gasteiger charge is -2.35. The molecule has 1 amide bonds. The molecular formula is C15H25N5O. The Bertz CT molecular complexity index is 483. The monoisotopic (exact) mass is 291 g/mol. The summed E-state index contributed by atoms with van der Waals surface area (Å²) in [6.45, 7) is 9.92. The Balaban J connectivity index is 2.10. The molecule has 0 bridgehead atoms. The van der Waals surface area contributed by atoms with Gasteiger partial charge in [0, 0.05) is 52.1 Å². The van der Waals surface area contributed by atoms with Crippen molar-refractivity contribution in [3.8, 4) is 0 Å². The van der Waals surface area contributed by atoms with Crippen LogP contribution in [0.3, 0.4) is 0 Å². The summed E-state index contributed by atoms with van der Waals surface area (Å²) in [5.41, 5.74) is 0. The highest BCUT2D eigenvalue weighted by Gasteiger charge is 2.20. The van der Waals surface area contributed by atoms with E-state index in [0.717, 1.165) is 63.0 Å². The molecule has 1 saturated heterocycles. The molecule has 0 saturated carbocycles. The number of anilines is 2. The summed E-state index contributed by atoms with van der Waals surface area (Å²) in [4.78, 5) is 24.6. The summed E-state index contributed by atoms with van der Waals surface area (Å²) in [5.74, 6) is 2.87. The highest BCUT2D eigenvalue weighted by molar-refractivity contribution is 5.73. The van der Waals surface area contributed by atoms with Crippen LogP contribution < -0.4 is 10.2 Å². The Kier molecular flexibility index (Phi) is 5.36. The number of hydrogen-bond acceptors (Lipinski definition) is 5. The molecular weight excluding hydrogens is 266 g/mol. The third kappa shape index (κ3) is 4.06. The molecule has 0 radical (unpaired) electrons. The highest BCUT2D eigenvalue weighted by Crippen LogP contribution is 2.18. The van der Waals surface area contributed by atoms with Crippen molar-refractivity contribution in [1.29, 1.82) is 0 Å². The quantitative estimate of drug-likeness (QED) is 0.891. The maximum absolute atomic E-state index is 11.4. The number of aromatic nitrogens is 2. The van der Waals surface area contributed by atoms with Crippen LogP contribution in [0.15, 0.2) is 6.07 Å². The first-order valence-electron chi connectivity index (χ1n) is 7.76. The molecule has 2 rings (SSSR count). The molecule has 0 atom stereocenters. The number of hydrogen-bond donors (Lipinski definition) is 1. The lowest BCUT2D eigenvalue weighted by atomic mass is 10.3. The van der Waals surface area contributed by atoms with Crippen molar-refractivity contribution in [2.24, 2.45) is 0 Å². The fraction of sp³-hybridized carbons (Fsp3) is 0.667. The van der Waals surface area contributed by atoms with Crippen LogP contribution in [0.1, 0.15) is 33.0 Å². The van der Waals surface area contributed by atoms with Crippen LogP contribution in [-0.4, -0.2) is 53.5 Å². The van der Waals surface area contributed by atoms with Gasteiger partial charge in [0.05, 0.1) is 0 Å². The van der Waals surface area contributed by atoms with Crippen LogP contribution in [0.5, 0.6) is 0 Å². The van der Waals surface area contributed by atoms with Gasteiger partial charge in [0.2, 0.25) is 5.91 Å². The second-order valence-corrected chi connectivity index (χ2v) is 5.30. The molecule has 6 heteroatoms. The molecule has 1 aromatic rings. The van der Waals surface area contributed by atoms with Gasteiger partial charge in [-0.2, -0.15) is 0 Å². The molecule has 0 unspecified atom stereocenters. The van der Waals surface area contributed by atoms with E-state index < -0.39 is 0 Å². The first-order chi connectivity index (χ1) is 10.1. The zero-order valence-electron chi connectivity index (χ0n) is 13.2. The van der Waals surface area contributed by atoms with Crippen LogP contribution in [0, 0.1) is 0 Å². The summed E-state index contributed by atoms with van der Waals surface area (Å²) in [7, 11) is 0. The summed E-state index contributed by atoms with van der Waals surface area (Å²) < 4.78 is 0. The Hall–Kier alpha value is -1.85. The normalized spacial score (nSPS) is 15.2. The topological polar surface area (TPSA) is 61.4 Å². The van der Waals surface area contributed by atoms with E-state index in [4.69, 9.17) is 0 Å². The van der Waals surface area contributed by atoms with Crippen molar-refractivity contribution < 1.29 is 4.79 Å². The molecule has 0 aliphatic carbocycles. The van der Waals surface area contributed by atoms with Gasteiger partial charge in [0.25, 0.3) is 0 Å². The molecule has 1 aliphatic heterocycles. The van der Waals surface area contributed by atoms with Gasteiger partial charge in [-0.1, -0.05) is 13.8 Å². The van der Waals surface area contributed by atoms with Gasteiger partial charge in [-0.15, -0.1) is 0 Å². The molecule has 1 aliphatic rings. The van der Waals surface area contributed by atoms with Gasteiger partial charge >= 0.3 is 0 Å². The van der Waals surface area contributed by atoms with Gasteiger partial charge in [-0.05, 0) is 6.42 Å². The summed E-state index contributed by atoms with van der Waals surface area (Å²) in [5, 5.41) is 3.33. The number of nitrogens with one attached hydrogen (secondary N) is 1. The fourth-order valence-corrected chi connectivity index (χ4v) is 2.40. The largest absolute Gasteiger partial charge is 0.370 e. The van der Waals surface area contributed by atoms with Crippen LogP contribution >= 0.6 is 0 Å². The number of aryl methyl sites for hydroxylation is 1. The third-order valence-corrected chi connectivity index (χ3v) is 3.68. The van der Waals surface area contributed by atoms with Crippen LogP contribution in [-0.2, 0) is 11.2 Å². The Morgan fingerprint density at radius 2 is 1.95 bits per heavy atom. The van der Waals surface area contributed by atoms with Crippen molar-refractivity contribution in [3.63, 3.8) is 0 Å². The van der Waals surface area contributed by atoms with Crippen molar-refractivity contribution in [2.75, 3.05) is 42.9 Å². The first-order valence-corrected chi connectivity index (χ1v) is 7.76. The molecule has 0 spiro atoms. The summed E-state index contributed by atoms with van der Waals surface area (Å²) in [6, 6.07) is 2.01. The standard InChI is InChI=1S/C15H25N5O/c1-4-6-16-14-11-15(18-13(5-2)17-14)20-9-7-19(8-10-20)12(3)21/h11H,4-10H2,1-3H3,(H,16,17,18). The van der Waals surface area contributed by atoms with Crippen molar-refractivity contribution in [1.82, 2.24) is 14.9 Å². The zero-order valence-corrected chi connectivity index (χ0v) is 13.2. The average molecular weight is 291 g/mol. The third-order valence-electron chi connectivity index (χ3n) is 3.68. The van der Waals surface area contributed by atoms with Crippen molar-refractivity contribution in [2.45, 2.75) is 33.6 Å². The van der Waals surface area contributed by atoms with Crippen molar-refractivity contribution >= 4 is 17.5 Å². The molecule has 116 valence electrons. The van der Waals surface area contributed by atoms with E-state index >= 15 is 0 Å². The van der Waals surface area contributed by atoms with Gasteiger partial charge in [0.15, 0.2) is 0 Å². The highest BCUT2D eigenvalue weighted by atomic mass is 16.2. The van der Waals surface area contributed by atoms with E-state index in [1.54, 1.807) is 6.92 Å². The minimum Gasteiger partial charge on any atom is -0.370 e. The lowest BCUT2D eigenvalue weighted by Crippen LogP contribution is -2.48. The first kappa shape index (κ1) is 15.5. The Morgan fingerprint density at radius 3 is 2.52 bits per heavy atom. The predicted octanol–water partition coefficient (Wildman–Crippen LogP) is 1.53. The molecule has 0 aromatic carbocycles. The smallest absolute Gasteiger partial charge is 0.219 e. The minimum absolute atomic E-state index is 0.150. The van der Waals surface area contributed by atoms with E-state index in [-0.39, 0.29) is 5.91 Å². The second-order valence-electron chi connectivity index (χ2n) is 5.30. The Labute approximate surface area is 126 Å².